The quantitative estimate of drug-likeness (QED) is 0.871. The van der Waals surface area contributed by atoms with Crippen LogP contribution in [0.3, 0.4) is 0 Å². The van der Waals surface area contributed by atoms with E-state index in [0.29, 0.717) is 12.0 Å². The molecule has 2 aliphatic rings. The highest BCUT2D eigenvalue weighted by Crippen LogP contribution is 2.18. The molecule has 2 aliphatic heterocycles. The number of nitrogens with one attached hydrogen (secondary N) is 1. The Hall–Kier alpha value is -0.900. The number of nitrogens with zero attached hydrogens (tertiary/aromatic N) is 1. The maximum absolute atomic E-state index is 5.89. The highest BCUT2D eigenvalue weighted by Gasteiger charge is 2.26. The van der Waals surface area contributed by atoms with Crippen molar-refractivity contribution in [3.05, 3.63) is 35.9 Å². The monoisotopic (exact) mass is 288 g/mol. The minimum atomic E-state index is 0.674. The summed E-state index contributed by atoms with van der Waals surface area (Å²) >= 11 is 0. The lowest BCUT2D eigenvalue weighted by atomic mass is 10.1. The van der Waals surface area contributed by atoms with E-state index >= 15 is 0 Å². The maximum Gasteiger partial charge on any atom is 0.0717 e. The molecule has 0 saturated carbocycles. The minimum absolute atomic E-state index is 0.674. The van der Waals surface area contributed by atoms with Crippen LogP contribution in [-0.2, 0) is 11.3 Å². The molecule has 0 amide bonds. The predicted molar refractivity (Wildman–Crippen MR) is 86.3 cm³/mol. The van der Waals surface area contributed by atoms with Gasteiger partial charge in [-0.3, -0.25) is 0 Å². The Morgan fingerprint density at radius 2 is 1.90 bits per heavy atom. The Morgan fingerprint density at radius 1 is 1.10 bits per heavy atom. The summed E-state index contributed by atoms with van der Waals surface area (Å²) in [5, 5.41) is 3.68. The fraction of sp³-hybridized carbons (Fsp3) is 0.667. The summed E-state index contributed by atoms with van der Waals surface area (Å²) in [4.78, 5) is 2.63. The molecule has 21 heavy (non-hydrogen) atoms. The number of hydrogen-bond donors (Lipinski definition) is 1. The van der Waals surface area contributed by atoms with E-state index < -0.39 is 0 Å². The van der Waals surface area contributed by atoms with Gasteiger partial charge in [0.2, 0.25) is 0 Å². The van der Waals surface area contributed by atoms with Crippen molar-refractivity contribution in [2.75, 3.05) is 32.8 Å². The van der Waals surface area contributed by atoms with Crippen molar-refractivity contribution in [1.29, 1.82) is 0 Å². The zero-order valence-corrected chi connectivity index (χ0v) is 13.0. The number of benzene rings is 1. The molecule has 0 radical (unpaired) electrons. The van der Waals surface area contributed by atoms with Gasteiger partial charge in [0.25, 0.3) is 0 Å². The van der Waals surface area contributed by atoms with Crippen LogP contribution in [0.5, 0.6) is 0 Å². The maximum atomic E-state index is 5.89. The molecule has 1 N–H and O–H groups in total. The molecule has 3 nitrogen and oxygen atoms in total. The summed E-state index contributed by atoms with van der Waals surface area (Å²) in [5.74, 6) is 0.684. The number of likely N-dealkylation sites (tertiary alicyclic amines) is 1. The first-order valence-corrected chi connectivity index (χ1v) is 8.47. The summed E-state index contributed by atoms with van der Waals surface area (Å²) in [6, 6.07) is 11.1. The number of ether oxygens (including phenoxy) is 1. The molecular weight excluding hydrogens is 260 g/mol. The van der Waals surface area contributed by atoms with Crippen LogP contribution in [0, 0.1) is 5.92 Å². The van der Waals surface area contributed by atoms with Gasteiger partial charge in [-0.15, -0.1) is 0 Å². The second-order valence-electron chi connectivity index (χ2n) is 6.57. The van der Waals surface area contributed by atoms with Crippen LogP contribution < -0.4 is 5.32 Å². The van der Waals surface area contributed by atoms with Crippen molar-refractivity contribution in [3.63, 3.8) is 0 Å². The molecular formula is C18H28N2O. The van der Waals surface area contributed by atoms with Gasteiger partial charge in [-0.25, -0.2) is 0 Å². The van der Waals surface area contributed by atoms with Crippen molar-refractivity contribution < 1.29 is 4.74 Å². The Labute approximate surface area is 128 Å². The normalized spacial score (nSPS) is 27.0. The Balaban J connectivity index is 1.33. The molecule has 3 heteroatoms. The van der Waals surface area contributed by atoms with Gasteiger partial charge in [0, 0.05) is 19.1 Å². The van der Waals surface area contributed by atoms with E-state index in [-0.39, 0.29) is 0 Å². The van der Waals surface area contributed by atoms with Crippen LogP contribution in [-0.4, -0.2) is 43.7 Å². The third-order valence-corrected chi connectivity index (χ3v) is 4.71. The van der Waals surface area contributed by atoms with Gasteiger partial charge in [-0.1, -0.05) is 36.8 Å². The lowest BCUT2D eigenvalue weighted by molar-refractivity contribution is 0.0911. The molecule has 1 aromatic rings. The molecule has 2 fully saturated rings. The second kappa shape index (κ2) is 7.92. The summed E-state index contributed by atoms with van der Waals surface area (Å²) in [6.45, 7) is 6.58. The number of piperidine rings is 1. The van der Waals surface area contributed by atoms with Crippen LogP contribution in [0.1, 0.15) is 31.2 Å². The van der Waals surface area contributed by atoms with Gasteiger partial charge >= 0.3 is 0 Å². The second-order valence-corrected chi connectivity index (χ2v) is 6.57. The van der Waals surface area contributed by atoms with E-state index in [1.165, 1.54) is 50.9 Å². The van der Waals surface area contributed by atoms with Gasteiger partial charge in [0.1, 0.15) is 0 Å². The van der Waals surface area contributed by atoms with Gasteiger partial charge in [-0.2, -0.15) is 0 Å². The van der Waals surface area contributed by atoms with Gasteiger partial charge in [0.15, 0.2) is 0 Å². The molecule has 1 unspecified atom stereocenters. The van der Waals surface area contributed by atoms with Crippen LogP contribution in [0.25, 0.3) is 0 Å². The largest absolute Gasteiger partial charge is 0.376 e. The molecule has 2 atom stereocenters. The average molecular weight is 288 g/mol. The summed E-state index contributed by atoms with van der Waals surface area (Å²) in [7, 11) is 0. The fourth-order valence-electron chi connectivity index (χ4n) is 3.54. The smallest absolute Gasteiger partial charge is 0.0717 e. The topological polar surface area (TPSA) is 24.5 Å². The SMILES string of the molecule is c1ccc(COCC2CN[C@H](CN3CCCCC3)C2)cc1. The summed E-state index contributed by atoms with van der Waals surface area (Å²) in [6.07, 6.45) is 5.46. The van der Waals surface area contributed by atoms with Crippen LogP contribution in [0.15, 0.2) is 30.3 Å². The highest BCUT2D eigenvalue weighted by molar-refractivity contribution is 5.13. The fourth-order valence-corrected chi connectivity index (χ4v) is 3.54. The molecule has 0 bridgehead atoms. The summed E-state index contributed by atoms with van der Waals surface area (Å²) < 4.78 is 5.89. The molecule has 0 aromatic heterocycles. The van der Waals surface area contributed by atoms with Crippen molar-refractivity contribution in [1.82, 2.24) is 10.2 Å². The highest BCUT2D eigenvalue weighted by atomic mass is 16.5. The molecule has 0 aliphatic carbocycles. The standard InChI is InChI=1S/C18H28N2O/c1-3-7-16(8-4-1)14-21-15-17-11-18(19-12-17)13-20-9-5-2-6-10-20/h1,3-4,7-8,17-19H,2,5-6,9-15H2/t17?,18-/m0/s1. The van der Waals surface area contributed by atoms with Gasteiger partial charge < -0.3 is 15.0 Å². The Bertz CT molecular complexity index is 403. The number of hydrogen-bond acceptors (Lipinski definition) is 3. The first-order valence-electron chi connectivity index (χ1n) is 8.47. The zero-order valence-electron chi connectivity index (χ0n) is 13.0. The molecule has 2 heterocycles. The van der Waals surface area contributed by atoms with Crippen molar-refractivity contribution in [2.24, 2.45) is 5.92 Å². The van der Waals surface area contributed by atoms with Gasteiger partial charge in [0.05, 0.1) is 13.2 Å². The third-order valence-electron chi connectivity index (χ3n) is 4.71. The van der Waals surface area contributed by atoms with Crippen molar-refractivity contribution >= 4 is 0 Å². The first kappa shape index (κ1) is 15.0. The molecule has 116 valence electrons. The lowest BCUT2D eigenvalue weighted by Gasteiger charge is -2.29. The van der Waals surface area contributed by atoms with Crippen LogP contribution >= 0.6 is 0 Å². The van der Waals surface area contributed by atoms with E-state index in [1.807, 2.05) is 0 Å². The van der Waals surface area contributed by atoms with E-state index in [1.54, 1.807) is 0 Å². The molecule has 0 spiro atoms. The van der Waals surface area contributed by atoms with E-state index in [4.69, 9.17) is 4.74 Å². The van der Waals surface area contributed by atoms with Crippen molar-refractivity contribution in [2.45, 2.75) is 38.3 Å². The molecule has 3 rings (SSSR count). The van der Waals surface area contributed by atoms with Crippen LogP contribution in [0.2, 0.25) is 0 Å². The zero-order chi connectivity index (χ0) is 14.3. The first-order chi connectivity index (χ1) is 10.4. The number of rotatable bonds is 6. The summed E-state index contributed by atoms with van der Waals surface area (Å²) in [5.41, 5.74) is 1.27. The molecule has 1 aromatic carbocycles. The van der Waals surface area contributed by atoms with Gasteiger partial charge in [-0.05, 0) is 43.8 Å². The van der Waals surface area contributed by atoms with Crippen molar-refractivity contribution in [3.8, 4) is 0 Å². The van der Waals surface area contributed by atoms with E-state index in [9.17, 15) is 0 Å². The Kier molecular flexibility index (Phi) is 5.67. The average Bonchev–Trinajstić information content (AvgIpc) is 2.97. The minimum Gasteiger partial charge on any atom is -0.376 e. The molecule has 2 saturated heterocycles. The third kappa shape index (κ3) is 4.80. The van der Waals surface area contributed by atoms with E-state index in [2.05, 4.69) is 40.5 Å². The predicted octanol–water partition coefficient (Wildman–Crippen LogP) is 2.67. The lowest BCUT2D eigenvalue weighted by Crippen LogP contribution is -2.40. The van der Waals surface area contributed by atoms with E-state index in [0.717, 1.165) is 19.8 Å². The Morgan fingerprint density at radius 3 is 2.71 bits per heavy atom. The van der Waals surface area contributed by atoms with Crippen LogP contribution in [0.4, 0.5) is 0 Å².